The van der Waals surface area contributed by atoms with Crippen molar-refractivity contribution in [1.29, 1.82) is 5.41 Å². The summed E-state index contributed by atoms with van der Waals surface area (Å²) in [6.07, 6.45) is 1.58. The maximum absolute atomic E-state index is 11.3. The Bertz CT molecular complexity index is 332. The first kappa shape index (κ1) is 7.90. The summed E-state index contributed by atoms with van der Waals surface area (Å²) >= 11 is 0. The van der Waals surface area contributed by atoms with Crippen molar-refractivity contribution in [1.82, 2.24) is 10.2 Å². The summed E-state index contributed by atoms with van der Waals surface area (Å²) in [6, 6.07) is -0.547. The van der Waals surface area contributed by atoms with E-state index in [1.54, 1.807) is 11.2 Å². The molecule has 0 spiro atoms. The standard InChI is InChI=1S/C7H9N5O/c1-2-12-3-9-4-5(12)10-7(8)11-6(4)13/h3-4H,2H2,1H3,(H2,8,11,13). The Labute approximate surface area is 74.9 Å². The third kappa shape index (κ3) is 1.10. The number of fused-ring (bicyclic) bond motifs is 1. The second kappa shape index (κ2) is 2.65. The number of nitrogens with zero attached hydrogens (tertiary/aromatic N) is 3. The van der Waals surface area contributed by atoms with Gasteiger partial charge in [-0.3, -0.25) is 20.5 Å². The van der Waals surface area contributed by atoms with Crippen molar-refractivity contribution in [2.24, 2.45) is 9.98 Å². The van der Waals surface area contributed by atoms with Crippen LogP contribution in [-0.4, -0.2) is 41.5 Å². The van der Waals surface area contributed by atoms with E-state index in [0.717, 1.165) is 0 Å². The van der Waals surface area contributed by atoms with Crippen LogP contribution in [0.3, 0.4) is 0 Å². The SMILES string of the molecule is CCN1C=NC2C(=O)NC(=N)N=C21. The number of hydrogen-bond acceptors (Lipinski definition) is 4. The number of carbonyl (C=O) groups excluding carboxylic acids is 1. The van der Waals surface area contributed by atoms with E-state index in [4.69, 9.17) is 5.41 Å². The quantitative estimate of drug-likeness (QED) is 0.551. The van der Waals surface area contributed by atoms with Crippen LogP contribution in [0.4, 0.5) is 0 Å². The van der Waals surface area contributed by atoms with E-state index in [9.17, 15) is 4.79 Å². The van der Waals surface area contributed by atoms with Gasteiger partial charge in [-0.15, -0.1) is 0 Å². The molecule has 0 radical (unpaired) electrons. The van der Waals surface area contributed by atoms with Gasteiger partial charge < -0.3 is 4.90 Å². The van der Waals surface area contributed by atoms with Crippen LogP contribution in [0, 0.1) is 5.41 Å². The van der Waals surface area contributed by atoms with E-state index in [-0.39, 0.29) is 11.9 Å². The zero-order valence-electron chi connectivity index (χ0n) is 7.11. The molecule has 2 aliphatic rings. The molecule has 68 valence electrons. The van der Waals surface area contributed by atoms with Crippen LogP contribution in [0.2, 0.25) is 0 Å². The van der Waals surface area contributed by atoms with Gasteiger partial charge >= 0.3 is 0 Å². The highest BCUT2D eigenvalue weighted by Gasteiger charge is 2.35. The number of nitrogens with one attached hydrogen (secondary N) is 2. The molecule has 0 fully saturated rings. The summed E-state index contributed by atoms with van der Waals surface area (Å²) in [7, 11) is 0. The smallest absolute Gasteiger partial charge is 0.259 e. The van der Waals surface area contributed by atoms with Gasteiger partial charge in [0.25, 0.3) is 5.91 Å². The average molecular weight is 179 g/mol. The van der Waals surface area contributed by atoms with Gasteiger partial charge in [0.05, 0.1) is 6.34 Å². The predicted octanol–water partition coefficient (Wildman–Crippen LogP) is -0.818. The number of rotatable bonds is 1. The predicted molar refractivity (Wildman–Crippen MR) is 48.0 cm³/mol. The largest absolute Gasteiger partial charge is 0.319 e. The van der Waals surface area contributed by atoms with Gasteiger partial charge in [0.1, 0.15) is 5.84 Å². The van der Waals surface area contributed by atoms with Crippen molar-refractivity contribution in [3.05, 3.63) is 0 Å². The molecule has 0 bridgehead atoms. The third-order valence-corrected chi connectivity index (χ3v) is 1.95. The molecule has 1 amide bonds. The van der Waals surface area contributed by atoms with Crippen LogP contribution in [0.1, 0.15) is 6.92 Å². The Morgan fingerprint density at radius 1 is 1.77 bits per heavy atom. The molecule has 6 nitrogen and oxygen atoms in total. The van der Waals surface area contributed by atoms with E-state index in [1.165, 1.54) is 0 Å². The molecular weight excluding hydrogens is 170 g/mol. The van der Waals surface area contributed by atoms with Crippen molar-refractivity contribution < 1.29 is 4.79 Å². The van der Waals surface area contributed by atoms with Gasteiger partial charge in [-0.1, -0.05) is 0 Å². The molecule has 2 heterocycles. The summed E-state index contributed by atoms with van der Waals surface area (Å²) in [6.45, 7) is 2.65. The summed E-state index contributed by atoms with van der Waals surface area (Å²) < 4.78 is 0. The van der Waals surface area contributed by atoms with Crippen LogP contribution >= 0.6 is 0 Å². The molecule has 13 heavy (non-hydrogen) atoms. The normalized spacial score (nSPS) is 25.8. The first-order valence-electron chi connectivity index (χ1n) is 4.00. The lowest BCUT2D eigenvalue weighted by Crippen LogP contribution is -2.48. The minimum absolute atomic E-state index is 0.111. The molecule has 0 saturated carbocycles. The lowest BCUT2D eigenvalue weighted by atomic mass is 10.2. The van der Waals surface area contributed by atoms with Crippen LogP contribution in [-0.2, 0) is 4.79 Å². The molecule has 1 unspecified atom stereocenters. The van der Waals surface area contributed by atoms with Crippen LogP contribution in [0.5, 0.6) is 0 Å². The molecule has 1 atom stereocenters. The first-order valence-corrected chi connectivity index (χ1v) is 4.00. The first-order chi connectivity index (χ1) is 6.22. The van der Waals surface area contributed by atoms with E-state index in [0.29, 0.717) is 12.4 Å². The van der Waals surface area contributed by atoms with E-state index >= 15 is 0 Å². The van der Waals surface area contributed by atoms with Gasteiger partial charge in [0, 0.05) is 6.54 Å². The number of aliphatic imine (C=N–C) groups is 2. The second-order valence-corrected chi connectivity index (χ2v) is 2.76. The molecule has 0 aromatic rings. The van der Waals surface area contributed by atoms with Gasteiger partial charge in [-0.05, 0) is 6.92 Å². The van der Waals surface area contributed by atoms with Crippen molar-refractivity contribution in [3.8, 4) is 0 Å². The molecule has 2 N–H and O–H groups in total. The Morgan fingerprint density at radius 2 is 2.54 bits per heavy atom. The number of amidine groups is 1. The lowest BCUT2D eigenvalue weighted by molar-refractivity contribution is -0.119. The number of carbonyl (C=O) groups is 1. The highest BCUT2D eigenvalue weighted by atomic mass is 16.2. The van der Waals surface area contributed by atoms with Crippen LogP contribution < -0.4 is 5.32 Å². The molecule has 0 aromatic carbocycles. The number of guanidine groups is 1. The minimum atomic E-state index is -0.547. The van der Waals surface area contributed by atoms with Gasteiger partial charge in [0.2, 0.25) is 5.96 Å². The Kier molecular flexibility index (Phi) is 1.61. The summed E-state index contributed by atoms with van der Waals surface area (Å²) in [5.41, 5.74) is 0. The molecule has 2 aliphatic heterocycles. The number of hydrogen-bond donors (Lipinski definition) is 2. The molecule has 0 aromatic heterocycles. The van der Waals surface area contributed by atoms with E-state index < -0.39 is 6.04 Å². The van der Waals surface area contributed by atoms with Gasteiger partial charge in [0.15, 0.2) is 6.04 Å². The average Bonchev–Trinajstić information content (AvgIpc) is 2.47. The third-order valence-electron chi connectivity index (χ3n) is 1.95. The fourth-order valence-electron chi connectivity index (χ4n) is 1.31. The molecule has 2 rings (SSSR count). The van der Waals surface area contributed by atoms with Gasteiger partial charge in [-0.2, -0.15) is 4.99 Å². The summed E-state index contributed by atoms with van der Waals surface area (Å²) in [5.74, 6) is 0.165. The topological polar surface area (TPSA) is 80.9 Å². The zero-order valence-corrected chi connectivity index (χ0v) is 7.11. The number of amides is 1. The molecular formula is C7H9N5O. The Morgan fingerprint density at radius 3 is 3.23 bits per heavy atom. The van der Waals surface area contributed by atoms with Crippen molar-refractivity contribution in [3.63, 3.8) is 0 Å². The van der Waals surface area contributed by atoms with E-state index in [1.807, 2.05) is 6.92 Å². The van der Waals surface area contributed by atoms with Crippen molar-refractivity contribution >= 4 is 24.0 Å². The number of likely N-dealkylation sites (N-methyl/N-ethyl adjacent to an activating group) is 1. The molecule has 0 saturated heterocycles. The van der Waals surface area contributed by atoms with Crippen molar-refractivity contribution in [2.75, 3.05) is 6.54 Å². The van der Waals surface area contributed by atoms with Crippen LogP contribution in [0.15, 0.2) is 9.98 Å². The molecule has 0 aliphatic carbocycles. The minimum Gasteiger partial charge on any atom is -0.319 e. The summed E-state index contributed by atoms with van der Waals surface area (Å²) in [4.78, 5) is 20.9. The zero-order chi connectivity index (χ0) is 9.42. The summed E-state index contributed by atoms with van der Waals surface area (Å²) in [5, 5.41) is 9.55. The fourth-order valence-corrected chi connectivity index (χ4v) is 1.31. The van der Waals surface area contributed by atoms with Crippen molar-refractivity contribution in [2.45, 2.75) is 13.0 Å². The van der Waals surface area contributed by atoms with Gasteiger partial charge in [-0.25, -0.2) is 0 Å². The lowest BCUT2D eigenvalue weighted by Gasteiger charge is -2.20. The van der Waals surface area contributed by atoms with E-state index in [2.05, 4.69) is 15.3 Å². The molecule has 6 heteroatoms. The maximum Gasteiger partial charge on any atom is 0.259 e. The monoisotopic (exact) mass is 179 g/mol. The maximum atomic E-state index is 11.3. The second-order valence-electron chi connectivity index (χ2n) is 2.76. The van der Waals surface area contributed by atoms with Crippen LogP contribution in [0.25, 0.3) is 0 Å². The Hall–Kier alpha value is -1.72. The highest BCUT2D eigenvalue weighted by molar-refractivity contribution is 6.23. The Balaban J connectivity index is 2.36. The highest BCUT2D eigenvalue weighted by Crippen LogP contribution is 2.11. The fraction of sp³-hybridized carbons (Fsp3) is 0.429.